The van der Waals surface area contributed by atoms with Crippen LogP contribution in [-0.2, 0) is 0 Å². The molecule has 0 aliphatic heterocycles. The third-order valence-electron chi connectivity index (χ3n) is 2.47. The van der Waals surface area contributed by atoms with E-state index in [-0.39, 0.29) is 23.0 Å². The molecule has 0 radical (unpaired) electrons. The van der Waals surface area contributed by atoms with Crippen molar-refractivity contribution in [2.24, 2.45) is 5.84 Å². The van der Waals surface area contributed by atoms with Crippen LogP contribution in [0.4, 0.5) is 15.9 Å². The van der Waals surface area contributed by atoms with Crippen LogP contribution in [0.3, 0.4) is 0 Å². The highest BCUT2D eigenvalue weighted by Crippen LogP contribution is 2.23. The summed E-state index contributed by atoms with van der Waals surface area (Å²) in [4.78, 5) is 18.0. The Bertz CT molecular complexity index is 647. The highest BCUT2D eigenvalue weighted by atomic mass is 19.1. The smallest absolute Gasteiger partial charge is 0.270 e. The summed E-state index contributed by atoms with van der Waals surface area (Å²) in [5, 5.41) is 10.7. The van der Waals surface area contributed by atoms with E-state index in [0.717, 1.165) is 0 Å². The highest BCUT2D eigenvalue weighted by molar-refractivity contribution is 5.61. The molecule has 8 heteroatoms. The molecule has 19 heavy (non-hydrogen) atoms. The lowest BCUT2D eigenvalue weighted by Crippen LogP contribution is -2.13. The van der Waals surface area contributed by atoms with Crippen molar-refractivity contribution in [2.75, 3.05) is 5.43 Å². The number of nitrogen functional groups attached to an aromatic ring is 1. The minimum atomic E-state index is -0.656. The number of benzene rings is 1. The number of nitrogens with two attached hydrogens (primary N) is 1. The van der Waals surface area contributed by atoms with E-state index < -0.39 is 10.7 Å². The van der Waals surface area contributed by atoms with Gasteiger partial charge in [0.05, 0.1) is 10.6 Å². The van der Waals surface area contributed by atoms with Crippen LogP contribution in [0, 0.1) is 22.9 Å². The Morgan fingerprint density at radius 2 is 2.16 bits per heavy atom. The fourth-order valence-corrected chi connectivity index (χ4v) is 1.54. The number of aryl methyl sites for hydroxylation is 1. The third-order valence-corrected chi connectivity index (χ3v) is 2.47. The number of nitro groups is 1. The van der Waals surface area contributed by atoms with Crippen molar-refractivity contribution in [1.82, 2.24) is 9.97 Å². The van der Waals surface area contributed by atoms with Gasteiger partial charge >= 0.3 is 0 Å². The normalized spacial score (nSPS) is 10.3. The van der Waals surface area contributed by atoms with Crippen molar-refractivity contribution in [3.8, 4) is 11.4 Å². The molecular weight excluding hydrogens is 253 g/mol. The van der Waals surface area contributed by atoms with E-state index in [4.69, 9.17) is 5.84 Å². The zero-order valence-corrected chi connectivity index (χ0v) is 9.92. The number of nitro benzene ring substituents is 1. The Labute approximate surface area is 107 Å². The SMILES string of the molecule is Cc1nc(-c2cccc([N+](=O)[O-])c2)nc(NN)c1F. The second-order valence-electron chi connectivity index (χ2n) is 3.75. The molecule has 7 nitrogen and oxygen atoms in total. The Morgan fingerprint density at radius 1 is 1.42 bits per heavy atom. The zero-order valence-electron chi connectivity index (χ0n) is 9.92. The number of rotatable bonds is 3. The molecule has 3 N–H and O–H groups in total. The van der Waals surface area contributed by atoms with E-state index in [1.807, 2.05) is 0 Å². The molecule has 0 aliphatic carbocycles. The number of hydrogen-bond acceptors (Lipinski definition) is 6. The van der Waals surface area contributed by atoms with E-state index in [9.17, 15) is 14.5 Å². The van der Waals surface area contributed by atoms with Crippen LogP contribution in [0.15, 0.2) is 24.3 Å². The van der Waals surface area contributed by atoms with Gasteiger partial charge in [0.15, 0.2) is 17.5 Å². The summed E-state index contributed by atoms with van der Waals surface area (Å²) < 4.78 is 13.5. The number of nitrogens with zero attached hydrogens (tertiary/aromatic N) is 3. The molecule has 2 rings (SSSR count). The summed E-state index contributed by atoms with van der Waals surface area (Å²) in [7, 11) is 0. The maximum absolute atomic E-state index is 13.5. The summed E-state index contributed by atoms with van der Waals surface area (Å²) in [5.41, 5.74) is 2.54. The fraction of sp³-hybridized carbons (Fsp3) is 0.0909. The molecule has 0 atom stereocenters. The summed E-state index contributed by atoms with van der Waals surface area (Å²) in [6.07, 6.45) is 0. The maximum Gasteiger partial charge on any atom is 0.270 e. The Kier molecular flexibility index (Phi) is 3.34. The molecule has 98 valence electrons. The quantitative estimate of drug-likeness (QED) is 0.496. The van der Waals surface area contributed by atoms with Gasteiger partial charge in [0.25, 0.3) is 5.69 Å². The summed E-state index contributed by atoms with van der Waals surface area (Å²) in [6.45, 7) is 1.46. The lowest BCUT2D eigenvalue weighted by molar-refractivity contribution is -0.384. The van der Waals surface area contributed by atoms with Crippen LogP contribution in [0.1, 0.15) is 5.69 Å². The Morgan fingerprint density at radius 3 is 2.79 bits per heavy atom. The Hall–Kier alpha value is -2.61. The second kappa shape index (κ2) is 4.94. The van der Waals surface area contributed by atoms with Gasteiger partial charge in [-0.2, -0.15) is 0 Å². The zero-order chi connectivity index (χ0) is 14.0. The fourth-order valence-electron chi connectivity index (χ4n) is 1.54. The van der Waals surface area contributed by atoms with E-state index in [1.54, 1.807) is 6.07 Å². The van der Waals surface area contributed by atoms with E-state index >= 15 is 0 Å². The average Bonchev–Trinajstić information content (AvgIpc) is 2.41. The van der Waals surface area contributed by atoms with Gasteiger partial charge in [0.1, 0.15) is 0 Å². The van der Waals surface area contributed by atoms with Crippen molar-refractivity contribution in [2.45, 2.75) is 6.92 Å². The molecule has 0 saturated carbocycles. The first-order chi connectivity index (χ1) is 9.02. The van der Waals surface area contributed by atoms with E-state index in [0.29, 0.717) is 5.56 Å². The van der Waals surface area contributed by atoms with Crippen LogP contribution in [0.2, 0.25) is 0 Å². The van der Waals surface area contributed by atoms with Gasteiger partial charge < -0.3 is 5.43 Å². The number of halogens is 1. The summed E-state index contributed by atoms with van der Waals surface area (Å²) in [5.74, 6) is 4.50. The molecule has 2 aromatic rings. The van der Waals surface area contributed by atoms with Crippen molar-refractivity contribution >= 4 is 11.5 Å². The number of anilines is 1. The predicted octanol–water partition coefficient (Wildman–Crippen LogP) is 1.78. The van der Waals surface area contributed by atoms with Gasteiger partial charge in [-0.05, 0) is 6.92 Å². The van der Waals surface area contributed by atoms with Crippen molar-refractivity contribution in [3.63, 3.8) is 0 Å². The van der Waals surface area contributed by atoms with Gasteiger partial charge in [0, 0.05) is 17.7 Å². The van der Waals surface area contributed by atoms with Crippen LogP contribution >= 0.6 is 0 Å². The molecule has 0 unspecified atom stereocenters. The first kappa shape index (κ1) is 12.8. The molecule has 0 bridgehead atoms. The average molecular weight is 263 g/mol. The standard InChI is InChI=1S/C11H10FN5O2/c1-6-9(12)11(16-13)15-10(14-6)7-3-2-4-8(5-7)17(18)19/h2-5H,13H2,1H3,(H,14,15,16). The number of hydrazine groups is 1. The highest BCUT2D eigenvalue weighted by Gasteiger charge is 2.14. The lowest BCUT2D eigenvalue weighted by Gasteiger charge is -2.07. The maximum atomic E-state index is 13.5. The summed E-state index contributed by atoms with van der Waals surface area (Å²) >= 11 is 0. The van der Waals surface area contributed by atoms with E-state index in [1.165, 1.54) is 25.1 Å². The van der Waals surface area contributed by atoms with Gasteiger partial charge in [-0.25, -0.2) is 20.2 Å². The first-order valence-electron chi connectivity index (χ1n) is 5.28. The monoisotopic (exact) mass is 263 g/mol. The minimum Gasteiger partial charge on any atom is -0.306 e. The first-order valence-corrected chi connectivity index (χ1v) is 5.28. The van der Waals surface area contributed by atoms with Crippen LogP contribution in [-0.4, -0.2) is 14.9 Å². The molecule has 0 aliphatic rings. The molecule has 1 aromatic heterocycles. The molecular formula is C11H10FN5O2. The van der Waals surface area contributed by atoms with Crippen LogP contribution in [0.5, 0.6) is 0 Å². The van der Waals surface area contributed by atoms with Crippen molar-refractivity contribution < 1.29 is 9.31 Å². The van der Waals surface area contributed by atoms with Gasteiger partial charge in [-0.3, -0.25) is 10.1 Å². The number of hydrogen-bond donors (Lipinski definition) is 2. The minimum absolute atomic E-state index is 0.0923. The van der Waals surface area contributed by atoms with Crippen molar-refractivity contribution in [1.29, 1.82) is 0 Å². The van der Waals surface area contributed by atoms with Crippen molar-refractivity contribution in [3.05, 3.63) is 45.9 Å². The van der Waals surface area contributed by atoms with Crippen LogP contribution in [0.25, 0.3) is 11.4 Å². The number of aromatic nitrogens is 2. The molecule has 1 aromatic carbocycles. The van der Waals surface area contributed by atoms with Gasteiger partial charge in [-0.15, -0.1) is 0 Å². The van der Waals surface area contributed by atoms with Gasteiger partial charge in [0.2, 0.25) is 0 Å². The lowest BCUT2D eigenvalue weighted by atomic mass is 10.2. The van der Waals surface area contributed by atoms with E-state index in [2.05, 4.69) is 15.4 Å². The molecule has 0 fully saturated rings. The summed E-state index contributed by atoms with van der Waals surface area (Å²) in [6, 6.07) is 5.76. The molecule has 0 spiro atoms. The Balaban J connectivity index is 2.56. The molecule has 1 heterocycles. The predicted molar refractivity (Wildman–Crippen MR) is 66.6 cm³/mol. The topological polar surface area (TPSA) is 107 Å². The van der Waals surface area contributed by atoms with Gasteiger partial charge in [-0.1, -0.05) is 12.1 Å². The number of non-ortho nitro benzene ring substituents is 1. The van der Waals surface area contributed by atoms with Crippen LogP contribution < -0.4 is 11.3 Å². The number of nitrogens with one attached hydrogen (secondary N) is 1. The largest absolute Gasteiger partial charge is 0.306 e. The third kappa shape index (κ3) is 2.47. The molecule has 0 amide bonds. The molecule has 0 saturated heterocycles. The second-order valence-corrected chi connectivity index (χ2v) is 3.75.